The van der Waals surface area contributed by atoms with Gasteiger partial charge in [-0.25, -0.2) is 4.39 Å². The van der Waals surface area contributed by atoms with E-state index in [1.165, 1.54) is 11.8 Å². The van der Waals surface area contributed by atoms with E-state index in [4.69, 9.17) is 4.74 Å². The largest absolute Gasteiger partial charge is 0.467 e. The quantitative estimate of drug-likeness (QED) is 0.797. The fourth-order valence-electron chi connectivity index (χ4n) is 3.49. The fourth-order valence-corrected chi connectivity index (χ4v) is 3.49. The Kier molecular flexibility index (Phi) is 3.66. The Morgan fingerprint density at radius 1 is 1.22 bits per heavy atom. The van der Waals surface area contributed by atoms with E-state index in [1.807, 2.05) is 23.9 Å². The number of nitrogens with zero attached hydrogens (tertiary/aromatic N) is 2. The predicted octanol–water partition coefficient (Wildman–Crippen LogP) is 4.73. The van der Waals surface area contributed by atoms with Crippen molar-refractivity contribution in [1.82, 2.24) is 9.47 Å². The van der Waals surface area contributed by atoms with Gasteiger partial charge in [0, 0.05) is 42.2 Å². The van der Waals surface area contributed by atoms with Gasteiger partial charge in [0.25, 0.3) is 0 Å². The molecule has 0 radical (unpaired) electrons. The Balaban J connectivity index is 2.17. The molecule has 1 aliphatic heterocycles. The zero-order valence-electron chi connectivity index (χ0n) is 14.8. The molecule has 23 heavy (non-hydrogen) atoms. The second kappa shape index (κ2) is 5.29. The van der Waals surface area contributed by atoms with Gasteiger partial charge in [-0.05, 0) is 24.6 Å². The van der Waals surface area contributed by atoms with Gasteiger partial charge < -0.3 is 14.2 Å². The molecule has 0 amide bonds. The van der Waals surface area contributed by atoms with E-state index in [9.17, 15) is 4.39 Å². The van der Waals surface area contributed by atoms with E-state index < -0.39 is 0 Å². The summed E-state index contributed by atoms with van der Waals surface area (Å²) in [6.45, 7) is 8.65. The number of fused-ring (bicyclic) bond motifs is 1. The Morgan fingerprint density at radius 2 is 1.91 bits per heavy atom. The van der Waals surface area contributed by atoms with E-state index in [0.29, 0.717) is 0 Å². The lowest BCUT2D eigenvalue weighted by Gasteiger charge is -2.33. The highest BCUT2D eigenvalue weighted by molar-refractivity contribution is 5.92. The third-order valence-corrected chi connectivity index (χ3v) is 4.54. The summed E-state index contributed by atoms with van der Waals surface area (Å²) in [6, 6.07) is 4.92. The van der Waals surface area contributed by atoms with Crippen molar-refractivity contribution in [3.8, 4) is 0 Å². The SMILES string of the molecule is CCC1=C(c2cn(C)c3ccc(F)cc23)OC(C(C)(C)C)N1C. The van der Waals surface area contributed by atoms with Gasteiger partial charge in [0.1, 0.15) is 5.82 Å². The molecule has 1 atom stereocenters. The van der Waals surface area contributed by atoms with Gasteiger partial charge in [-0.15, -0.1) is 0 Å². The monoisotopic (exact) mass is 316 g/mol. The highest BCUT2D eigenvalue weighted by atomic mass is 19.1. The van der Waals surface area contributed by atoms with Gasteiger partial charge in [-0.1, -0.05) is 27.7 Å². The van der Waals surface area contributed by atoms with Gasteiger partial charge in [0.2, 0.25) is 0 Å². The lowest BCUT2D eigenvalue weighted by Crippen LogP contribution is -2.38. The molecule has 0 bridgehead atoms. The summed E-state index contributed by atoms with van der Waals surface area (Å²) in [7, 11) is 4.06. The smallest absolute Gasteiger partial charge is 0.176 e. The number of hydrogen-bond donors (Lipinski definition) is 0. The van der Waals surface area contributed by atoms with E-state index in [1.54, 1.807) is 6.07 Å². The molecule has 1 aromatic heterocycles. The summed E-state index contributed by atoms with van der Waals surface area (Å²) in [4.78, 5) is 2.22. The third kappa shape index (κ3) is 2.50. The molecule has 4 heteroatoms. The number of aryl methyl sites for hydroxylation is 1. The average Bonchev–Trinajstić information content (AvgIpc) is 2.96. The van der Waals surface area contributed by atoms with Crippen molar-refractivity contribution in [2.75, 3.05) is 7.05 Å². The molecule has 0 saturated heterocycles. The molecule has 2 heterocycles. The van der Waals surface area contributed by atoms with Crippen molar-refractivity contribution in [1.29, 1.82) is 0 Å². The first-order valence-corrected chi connectivity index (χ1v) is 8.11. The average molecular weight is 316 g/mol. The number of benzene rings is 1. The van der Waals surface area contributed by atoms with Crippen molar-refractivity contribution in [2.24, 2.45) is 12.5 Å². The third-order valence-electron chi connectivity index (χ3n) is 4.54. The number of hydrogen-bond acceptors (Lipinski definition) is 2. The van der Waals surface area contributed by atoms with Gasteiger partial charge in [-0.2, -0.15) is 0 Å². The maximum absolute atomic E-state index is 13.8. The summed E-state index contributed by atoms with van der Waals surface area (Å²) >= 11 is 0. The van der Waals surface area contributed by atoms with Crippen LogP contribution in [0.5, 0.6) is 0 Å². The highest BCUT2D eigenvalue weighted by Gasteiger charge is 2.39. The highest BCUT2D eigenvalue weighted by Crippen LogP contribution is 2.42. The Labute approximate surface area is 137 Å². The molecular weight excluding hydrogens is 291 g/mol. The fraction of sp³-hybridized carbons (Fsp3) is 0.474. The number of rotatable bonds is 2. The molecule has 1 aromatic carbocycles. The predicted molar refractivity (Wildman–Crippen MR) is 92.2 cm³/mol. The maximum atomic E-state index is 13.8. The standard InChI is InChI=1S/C19H25FN2O/c1-7-15-17(23-18(22(15)6)19(2,3)4)14-11-21(5)16-9-8-12(20)10-13(14)16/h8-11,18H,7H2,1-6H3. The summed E-state index contributed by atoms with van der Waals surface area (Å²) < 4.78 is 22.1. The molecule has 0 spiro atoms. The van der Waals surface area contributed by atoms with E-state index in [2.05, 4.69) is 39.6 Å². The van der Waals surface area contributed by atoms with Crippen LogP contribution in [0.1, 0.15) is 39.7 Å². The molecule has 124 valence electrons. The lowest BCUT2D eigenvalue weighted by atomic mass is 9.93. The number of aromatic nitrogens is 1. The van der Waals surface area contributed by atoms with Gasteiger partial charge in [0.05, 0.1) is 5.70 Å². The number of halogens is 1. The second-order valence-electron chi connectivity index (χ2n) is 7.39. The zero-order chi connectivity index (χ0) is 16.9. The van der Waals surface area contributed by atoms with Crippen LogP contribution in [-0.4, -0.2) is 22.7 Å². The first-order chi connectivity index (χ1) is 10.7. The zero-order valence-corrected chi connectivity index (χ0v) is 14.8. The van der Waals surface area contributed by atoms with Crippen LogP contribution in [0.4, 0.5) is 4.39 Å². The van der Waals surface area contributed by atoms with Crippen molar-refractivity contribution >= 4 is 16.7 Å². The van der Waals surface area contributed by atoms with Crippen LogP contribution in [0.15, 0.2) is 30.1 Å². The first kappa shape index (κ1) is 15.9. The molecule has 0 saturated carbocycles. The van der Waals surface area contributed by atoms with Crippen molar-refractivity contribution in [2.45, 2.75) is 40.3 Å². The molecule has 2 aromatic rings. The van der Waals surface area contributed by atoms with Crippen LogP contribution in [0.3, 0.4) is 0 Å². The summed E-state index contributed by atoms with van der Waals surface area (Å²) in [5.41, 5.74) is 3.14. The number of ether oxygens (including phenoxy) is 1. The summed E-state index contributed by atoms with van der Waals surface area (Å²) in [5.74, 6) is 0.661. The Morgan fingerprint density at radius 3 is 2.52 bits per heavy atom. The normalized spacial score (nSPS) is 18.9. The molecule has 3 nitrogen and oxygen atoms in total. The summed E-state index contributed by atoms with van der Waals surface area (Å²) in [6.07, 6.45) is 2.90. The van der Waals surface area contributed by atoms with Crippen LogP contribution in [0.2, 0.25) is 0 Å². The minimum atomic E-state index is -0.220. The van der Waals surface area contributed by atoms with E-state index in [-0.39, 0.29) is 17.5 Å². The molecule has 3 rings (SSSR count). The maximum Gasteiger partial charge on any atom is 0.176 e. The molecule has 1 unspecified atom stereocenters. The van der Waals surface area contributed by atoms with Gasteiger partial charge in [0.15, 0.2) is 12.0 Å². The second-order valence-corrected chi connectivity index (χ2v) is 7.39. The molecule has 0 fully saturated rings. The van der Waals surface area contributed by atoms with Crippen LogP contribution < -0.4 is 0 Å². The molecule has 0 aliphatic carbocycles. The van der Waals surface area contributed by atoms with Gasteiger partial charge in [-0.3, -0.25) is 0 Å². The van der Waals surface area contributed by atoms with E-state index in [0.717, 1.165) is 28.6 Å². The lowest BCUT2D eigenvalue weighted by molar-refractivity contribution is -0.0120. The number of allylic oxidation sites excluding steroid dienone is 1. The minimum Gasteiger partial charge on any atom is -0.467 e. The van der Waals surface area contributed by atoms with Crippen LogP contribution in [0.25, 0.3) is 16.7 Å². The van der Waals surface area contributed by atoms with Crippen molar-refractivity contribution in [3.63, 3.8) is 0 Å². The Bertz CT molecular complexity index is 782. The topological polar surface area (TPSA) is 17.4 Å². The minimum absolute atomic E-state index is 0.00719. The molecule has 1 aliphatic rings. The van der Waals surface area contributed by atoms with Crippen molar-refractivity contribution in [3.05, 3.63) is 41.5 Å². The van der Waals surface area contributed by atoms with Crippen LogP contribution in [-0.2, 0) is 11.8 Å². The van der Waals surface area contributed by atoms with Crippen LogP contribution in [0, 0.1) is 11.2 Å². The first-order valence-electron chi connectivity index (χ1n) is 8.11. The molecule has 0 N–H and O–H groups in total. The summed E-state index contributed by atoms with van der Waals surface area (Å²) in [5, 5.41) is 0.899. The van der Waals surface area contributed by atoms with Gasteiger partial charge >= 0.3 is 0 Å². The van der Waals surface area contributed by atoms with E-state index >= 15 is 0 Å². The van der Waals surface area contributed by atoms with Crippen LogP contribution >= 0.6 is 0 Å². The van der Waals surface area contributed by atoms with Crippen molar-refractivity contribution < 1.29 is 9.13 Å². The molecular formula is C19H25FN2O. The Hall–Kier alpha value is -1.97.